The minimum atomic E-state index is -3.14. The molecule has 0 aliphatic heterocycles. The molecule has 0 radical (unpaired) electrons. The number of thiocarbonyl (C=S) groups is 1. The molecule has 0 fully saturated rings. The van der Waals surface area contributed by atoms with Gasteiger partial charge in [0.1, 0.15) is 5.75 Å². The third kappa shape index (κ3) is 7.48. The average molecular weight is 423 g/mol. The van der Waals surface area contributed by atoms with Crippen LogP contribution in [0, 0.1) is 0 Å². The minimum Gasteiger partial charge on any atom is -0.435 e. The van der Waals surface area contributed by atoms with E-state index in [2.05, 4.69) is 20.1 Å². The zero-order valence-corrected chi connectivity index (χ0v) is 15.3. The number of rotatable bonds is 8. The Bertz CT molecular complexity index is 763. The van der Waals surface area contributed by atoms with Crippen LogP contribution in [-0.4, -0.2) is 24.9 Å². The normalized spacial score (nSPS) is 10.8. The van der Waals surface area contributed by atoms with Crippen molar-refractivity contribution in [1.82, 2.24) is 5.32 Å². The number of halogens is 5. The first-order valence-electron chi connectivity index (χ1n) is 7.66. The number of alkyl halides is 4. The van der Waals surface area contributed by atoms with Gasteiger partial charge in [0.25, 0.3) is 0 Å². The molecule has 0 heterocycles. The molecule has 4 nitrogen and oxygen atoms in total. The molecular formula is C17H15ClF4N2O2S. The van der Waals surface area contributed by atoms with Gasteiger partial charge in [0.15, 0.2) is 10.9 Å². The van der Waals surface area contributed by atoms with Gasteiger partial charge in [0.2, 0.25) is 0 Å². The van der Waals surface area contributed by atoms with E-state index in [1.807, 2.05) is 12.1 Å². The molecule has 0 saturated heterocycles. The summed E-state index contributed by atoms with van der Waals surface area (Å²) in [4.78, 5) is 0. The van der Waals surface area contributed by atoms with Crippen LogP contribution in [-0.2, 0) is 6.42 Å². The van der Waals surface area contributed by atoms with Crippen LogP contribution in [0.5, 0.6) is 11.5 Å². The van der Waals surface area contributed by atoms with E-state index in [-0.39, 0.29) is 22.3 Å². The van der Waals surface area contributed by atoms with Crippen LogP contribution in [0.2, 0.25) is 5.02 Å². The number of hydrogen-bond donors (Lipinski definition) is 2. The molecule has 0 bridgehead atoms. The van der Waals surface area contributed by atoms with Gasteiger partial charge in [-0.1, -0.05) is 23.7 Å². The summed E-state index contributed by atoms with van der Waals surface area (Å²) in [6, 6.07) is 10.6. The summed E-state index contributed by atoms with van der Waals surface area (Å²) < 4.78 is 58.1. The van der Waals surface area contributed by atoms with E-state index in [9.17, 15) is 17.6 Å². The summed E-state index contributed by atoms with van der Waals surface area (Å²) in [7, 11) is 0. The van der Waals surface area contributed by atoms with Crippen molar-refractivity contribution in [2.45, 2.75) is 19.6 Å². The average Bonchev–Trinajstić information content (AvgIpc) is 2.58. The molecule has 0 spiro atoms. The van der Waals surface area contributed by atoms with Crippen LogP contribution in [0.3, 0.4) is 0 Å². The van der Waals surface area contributed by atoms with Gasteiger partial charge in [-0.2, -0.15) is 17.6 Å². The highest BCUT2D eigenvalue weighted by Gasteiger charge is 2.14. The smallest absolute Gasteiger partial charge is 0.387 e. The fourth-order valence-corrected chi connectivity index (χ4v) is 2.45. The second kappa shape index (κ2) is 10.2. The van der Waals surface area contributed by atoms with Gasteiger partial charge in [-0.05, 0) is 48.5 Å². The third-order valence-electron chi connectivity index (χ3n) is 3.25. The van der Waals surface area contributed by atoms with Crippen LogP contribution < -0.4 is 20.1 Å². The molecule has 0 amide bonds. The van der Waals surface area contributed by atoms with Crippen molar-refractivity contribution in [2.75, 3.05) is 11.9 Å². The van der Waals surface area contributed by atoms with Crippen molar-refractivity contribution in [3.05, 3.63) is 53.1 Å². The van der Waals surface area contributed by atoms with Gasteiger partial charge in [-0.15, -0.1) is 0 Å². The molecule has 10 heteroatoms. The second-order valence-corrected chi connectivity index (χ2v) is 6.02. The monoisotopic (exact) mass is 422 g/mol. The highest BCUT2D eigenvalue weighted by atomic mass is 35.5. The standard InChI is InChI=1S/C17H15ClF4N2O2S/c18-11-3-1-10(2-4-11)7-8-23-17(27)24-13-6-5-12(25-15(19)20)9-14(13)26-16(21)22/h1-6,9,15-16H,7-8H2,(H2,23,24,27). The SMILES string of the molecule is FC(F)Oc1ccc(NC(=S)NCCc2ccc(Cl)cc2)c(OC(F)F)c1. The van der Waals surface area contributed by atoms with E-state index in [1.165, 1.54) is 12.1 Å². The largest absolute Gasteiger partial charge is 0.435 e. The number of nitrogens with one attached hydrogen (secondary N) is 2. The van der Waals surface area contributed by atoms with Crippen LogP contribution in [0.1, 0.15) is 5.56 Å². The Morgan fingerprint density at radius 3 is 2.30 bits per heavy atom. The van der Waals surface area contributed by atoms with Crippen molar-refractivity contribution >= 4 is 34.6 Å². The number of anilines is 1. The molecule has 2 N–H and O–H groups in total. The van der Waals surface area contributed by atoms with Gasteiger partial charge in [0, 0.05) is 17.6 Å². The van der Waals surface area contributed by atoms with Crippen LogP contribution in [0.4, 0.5) is 23.2 Å². The van der Waals surface area contributed by atoms with E-state index in [0.717, 1.165) is 11.6 Å². The summed E-state index contributed by atoms with van der Waals surface area (Å²) in [6.07, 6.45) is 0.653. The van der Waals surface area contributed by atoms with E-state index in [0.29, 0.717) is 18.0 Å². The second-order valence-electron chi connectivity index (χ2n) is 5.17. The molecule has 0 atom stereocenters. The number of hydrogen-bond acceptors (Lipinski definition) is 3. The molecule has 27 heavy (non-hydrogen) atoms. The molecule has 2 aromatic rings. The lowest BCUT2D eigenvalue weighted by Crippen LogP contribution is -2.30. The van der Waals surface area contributed by atoms with Gasteiger partial charge < -0.3 is 20.1 Å². The Labute approximate surface area is 163 Å². The predicted octanol–water partition coefficient (Wildman–Crippen LogP) is 5.07. The Morgan fingerprint density at radius 1 is 1.00 bits per heavy atom. The molecule has 0 saturated carbocycles. The molecule has 2 aromatic carbocycles. The maximum atomic E-state index is 12.6. The number of ether oxygens (including phenoxy) is 2. The lowest BCUT2D eigenvalue weighted by molar-refractivity contribution is -0.0539. The fourth-order valence-electron chi connectivity index (χ4n) is 2.11. The Hall–Kier alpha value is -2.26. The van der Waals surface area contributed by atoms with Crippen molar-refractivity contribution in [3.8, 4) is 11.5 Å². The Balaban J connectivity index is 1.95. The summed E-state index contributed by atoms with van der Waals surface area (Å²) in [5, 5.41) is 6.40. The van der Waals surface area contributed by atoms with E-state index >= 15 is 0 Å². The molecule has 0 aromatic heterocycles. The van der Waals surface area contributed by atoms with Gasteiger partial charge in [0.05, 0.1) is 5.69 Å². The maximum Gasteiger partial charge on any atom is 0.387 e. The zero-order valence-electron chi connectivity index (χ0n) is 13.7. The molecule has 0 unspecified atom stereocenters. The lowest BCUT2D eigenvalue weighted by Gasteiger charge is -2.16. The quantitative estimate of drug-likeness (QED) is 0.459. The van der Waals surface area contributed by atoms with Gasteiger partial charge in [-0.25, -0.2) is 0 Å². The molecular weight excluding hydrogens is 408 g/mol. The summed E-state index contributed by atoms with van der Waals surface area (Å²) in [5.41, 5.74) is 1.12. The van der Waals surface area contributed by atoms with Crippen molar-refractivity contribution in [1.29, 1.82) is 0 Å². The predicted molar refractivity (Wildman–Crippen MR) is 99.1 cm³/mol. The lowest BCUT2D eigenvalue weighted by atomic mass is 10.1. The third-order valence-corrected chi connectivity index (χ3v) is 3.75. The van der Waals surface area contributed by atoms with Crippen LogP contribution in [0.15, 0.2) is 42.5 Å². The molecule has 2 rings (SSSR count). The Morgan fingerprint density at radius 2 is 1.67 bits per heavy atom. The van der Waals surface area contributed by atoms with Crippen LogP contribution >= 0.6 is 23.8 Å². The Kier molecular flexibility index (Phi) is 7.93. The van der Waals surface area contributed by atoms with E-state index in [4.69, 9.17) is 23.8 Å². The van der Waals surface area contributed by atoms with Crippen molar-refractivity contribution in [2.24, 2.45) is 0 Å². The van der Waals surface area contributed by atoms with E-state index < -0.39 is 13.2 Å². The molecule has 146 valence electrons. The highest BCUT2D eigenvalue weighted by molar-refractivity contribution is 7.80. The number of benzene rings is 2. The first-order valence-corrected chi connectivity index (χ1v) is 8.45. The fraction of sp³-hybridized carbons (Fsp3) is 0.235. The maximum absolute atomic E-state index is 12.6. The van der Waals surface area contributed by atoms with E-state index in [1.54, 1.807) is 12.1 Å². The highest BCUT2D eigenvalue weighted by Crippen LogP contribution is 2.31. The van der Waals surface area contributed by atoms with Crippen molar-refractivity contribution < 1.29 is 27.0 Å². The molecule has 0 aliphatic rings. The minimum absolute atomic E-state index is 0.0842. The van der Waals surface area contributed by atoms with Gasteiger partial charge in [-0.3, -0.25) is 0 Å². The zero-order chi connectivity index (χ0) is 19.8. The topological polar surface area (TPSA) is 42.5 Å². The summed E-state index contributed by atoms with van der Waals surface area (Å²) in [5.74, 6) is -0.683. The molecule has 0 aliphatic carbocycles. The summed E-state index contributed by atoms with van der Waals surface area (Å²) >= 11 is 10.9. The van der Waals surface area contributed by atoms with Gasteiger partial charge >= 0.3 is 13.2 Å². The first-order chi connectivity index (χ1) is 12.8. The van der Waals surface area contributed by atoms with Crippen molar-refractivity contribution in [3.63, 3.8) is 0 Å². The summed E-state index contributed by atoms with van der Waals surface area (Å²) in [6.45, 7) is -5.75. The first kappa shape index (κ1) is 21.0. The van der Waals surface area contributed by atoms with Crippen LogP contribution in [0.25, 0.3) is 0 Å².